The van der Waals surface area contributed by atoms with Crippen LogP contribution < -0.4 is 4.74 Å². The van der Waals surface area contributed by atoms with Gasteiger partial charge in [-0.15, -0.1) is 0 Å². The van der Waals surface area contributed by atoms with E-state index in [9.17, 15) is 9.90 Å². The van der Waals surface area contributed by atoms with Crippen molar-refractivity contribution in [2.75, 3.05) is 7.11 Å². The van der Waals surface area contributed by atoms with Crippen molar-refractivity contribution in [2.45, 2.75) is 39.0 Å². The van der Waals surface area contributed by atoms with Gasteiger partial charge in [-0.1, -0.05) is 39.0 Å². The first-order valence-electron chi connectivity index (χ1n) is 6.68. The van der Waals surface area contributed by atoms with Gasteiger partial charge in [0.2, 0.25) is 0 Å². The number of hydrogen-bond donors (Lipinski definition) is 1. The zero-order valence-corrected chi connectivity index (χ0v) is 12.1. The number of carboxylic acid groups (broad SMARTS) is 1. The molecule has 19 heavy (non-hydrogen) atoms. The summed E-state index contributed by atoms with van der Waals surface area (Å²) in [5.41, 5.74) is 0.191. The third kappa shape index (κ3) is 2.22. The van der Waals surface area contributed by atoms with E-state index in [1.807, 2.05) is 24.3 Å². The van der Waals surface area contributed by atoms with Gasteiger partial charge in [-0.05, 0) is 30.2 Å². The number of hydrogen-bond acceptors (Lipinski definition) is 2. The lowest BCUT2D eigenvalue weighted by Gasteiger charge is -2.50. The van der Waals surface area contributed by atoms with Crippen molar-refractivity contribution in [3.8, 4) is 5.75 Å². The largest absolute Gasteiger partial charge is 0.496 e. The van der Waals surface area contributed by atoms with Crippen molar-refractivity contribution >= 4 is 5.97 Å². The van der Waals surface area contributed by atoms with E-state index >= 15 is 0 Å². The molecule has 2 rings (SSSR count). The molecule has 0 saturated heterocycles. The molecule has 1 aromatic carbocycles. The molecule has 0 amide bonds. The van der Waals surface area contributed by atoms with Crippen molar-refractivity contribution in [2.24, 2.45) is 11.3 Å². The SMILES string of the molecule is COc1ccccc1C1(C(=O)O)CC(C(C)(C)C)C1. The Morgan fingerprint density at radius 1 is 1.32 bits per heavy atom. The fourth-order valence-corrected chi connectivity index (χ4v) is 2.94. The van der Waals surface area contributed by atoms with Crippen LogP contribution in [0.5, 0.6) is 5.75 Å². The molecular formula is C16H22O3. The fourth-order valence-electron chi connectivity index (χ4n) is 2.94. The Balaban J connectivity index is 2.36. The smallest absolute Gasteiger partial charge is 0.314 e. The van der Waals surface area contributed by atoms with Crippen LogP contribution in [-0.4, -0.2) is 18.2 Å². The van der Waals surface area contributed by atoms with E-state index in [4.69, 9.17) is 4.74 Å². The number of rotatable bonds is 3. The zero-order valence-electron chi connectivity index (χ0n) is 12.1. The summed E-state index contributed by atoms with van der Waals surface area (Å²) in [4.78, 5) is 11.8. The normalized spacial score (nSPS) is 26.6. The van der Waals surface area contributed by atoms with Gasteiger partial charge in [0.1, 0.15) is 5.75 Å². The molecule has 0 aromatic heterocycles. The van der Waals surface area contributed by atoms with Crippen molar-refractivity contribution in [1.82, 2.24) is 0 Å². The minimum atomic E-state index is -0.773. The Kier molecular flexibility index (Phi) is 3.33. The van der Waals surface area contributed by atoms with E-state index < -0.39 is 11.4 Å². The Labute approximate surface area is 114 Å². The minimum Gasteiger partial charge on any atom is -0.496 e. The lowest BCUT2D eigenvalue weighted by molar-refractivity contribution is -0.152. The summed E-state index contributed by atoms with van der Waals surface area (Å²) in [6.45, 7) is 6.52. The molecule has 1 aliphatic rings. The van der Waals surface area contributed by atoms with Gasteiger partial charge in [-0.25, -0.2) is 0 Å². The summed E-state index contributed by atoms with van der Waals surface area (Å²) in [6, 6.07) is 7.47. The minimum absolute atomic E-state index is 0.154. The van der Waals surface area contributed by atoms with E-state index in [0.29, 0.717) is 24.5 Å². The molecule has 0 unspecified atom stereocenters. The molecular weight excluding hydrogens is 240 g/mol. The first kappa shape index (κ1) is 13.9. The summed E-state index contributed by atoms with van der Waals surface area (Å²) in [6.07, 6.45) is 1.37. The first-order valence-corrected chi connectivity index (χ1v) is 6.68. The van der Waals surface area contributed by atoms with E-state index in [0.717, 1.165) is 5.56 Å². The van der Waals surface area contributed by atoms with Gasteiger partial charge in [0.25, 0.3) is 0 Å². The third-order valence-corrected chi connectivity index (χ3v) is 4.45. The van der Waals surface area contributed by atoms with Crippen LogP contribution in [0.15, 0.2) is 24.3 Å². The van der Waals surface area contributed by atoms with Crippen LogP contribution in [0.25, 0.3) is 0 Å². The van der Waals surface area contributed by atoms with Gasteiger partial charge < -0.3 is 9.84 Å². The Bertz CT molecular complexity index is 479. The van der Waals surface area contributed by atoms with Crippen LogP contribution >= 0.6 is 0 Å². The summed E-state index contributed by atoms with van der Waals surface area (Å²) >= 11 is 0. The highest BCUT2D eigenvalue weighted by molar-refractivity contribution is 5.84. The molecule has 0 heterocycles. The Morgan fingerprint density at radius 2 is 1.89 bits per heavy atom. The second-order valence-corrected chi connectivity index (χ2v) is 6.56. The maximum Gasteiger partial charge on any atom is 0.314 e. The van der Waals surface area contributed by atoms with Gasteiger partial charge in [0.15, 0.2) is 0 Å². The number of benzene rings is 1. The molecule has 1 aromatic rings. The average molecular weight is 262 g/mol. The van der Waals surface area contributed by atoms with Crippen molar-refractivity contribution < 1.29 is 14.6 Å². The molecule has 0 atom stereocenters. The van der Waals surface area contributed by atoms with Gasteiger partial charge in [-0.3, -0.25) is 4.79 Å². The molecule has 0 aliphatic heterocycles. The monoisotopic (exact) mass is 262 g/mol. The fraction of sp³-hybridized carbons (Fsp3) is 0.562. The predicted molar refractivity (Wildman–Crippen MR) is 74.5 cm³/mol. The highest BCUT2D eigenvalue weighted by atomic mass is 16.5. The van der Waals surface area contributed by atoms with Gasteiger partial charge in [-0.2, -0.15) is 0 Å². The quantitative estimate of drug-likeness (QED) is 0.907. The summed E-state index contributed by atoms with van der Waals surface area (Å²) in [5, 5.41) is 9.69. The highest BCUT2D eigenvalue weighted by Crippen LogP contribution is 2.56. The van der Waals surface area contributed by atoms with Gasteiger partial charge >= 0.3 is 5.97 Å². The van der Waals surface area contributed by atoms with Crippen molar-refractivity contribution in [1.29, 1.82) is 0 Å². The number of aliphatic carboxylic acids is 1. The lowest BCUT2D eigenvalue weighted by atomic mass is 9.52. The number of ether oxygens (including phenoxy) is 1. The number of carbonyl (C=O) groups is 1. The Hall–Kier alpha value is -1.51. The highest BCUT2D eigenvalue weighted by Gasteiger charge is 2.55. The van der Waals surface area contributed by atoms with Crippen molar-refractivity contribution in [3.63, 3.8) is 0 Å². The Morgan fingerprint density at radius 3 is 2.37 bits per heavy atom. The van der Waals surface area contributed by atoms with Crippen LogP contribution in [0.1, 0.15) is 39.2 Å². The lowest BCUT2D eigenvalue weighted by Crippen LogP contribution is -2.51. The van der Waals surface area contributed by atoms with Crippen LogP contribution in [0.3, 0.4) is 0 Å². The topological polar surface area (TPSA) is 46.5 Å². The van der Waals surface area contributed by atoms with E-state index in [2.05, 4.69) is 20.8 Å². The number of para-hydroxylation sites is 1. The summed E-state index contributed by atoms with van der Waals surface area (Å²) in [5.74, 6) is 0.378. The van der Waals surface area contributed by atoms with Gasteiger partial charge in [0.05, 0.1) is 12.5 Å². The molecule has 3 nitrogen and oxygen atoms in total. The second-order valence-electron chi connectivity index (χ2n) is 6.56. The maximum absolute atomic E-state index is 11.8. The third-order valence-electron chi connectivity index (χ3n) is 4.45. The molecule has 3 heteroatoms. The standard InChI is InChI=1S/C16H22O3/c1-15(2,3)11-9-16(10-11,14(17)18)12-7-5-6-8-13(12)19-4/h5-8,11H,9-10H2,1-4H3,(H,17,18). The molecule has 1 N–H and O–H groups in total. The molecule has 0 spiro atoms. The van der Waals surface area contributed by atoms with Crippen LogP contribution in [0.2, 0.25) is 0 Å². The first-order chi connectivity index (χ1) is 8.81. The number of carboxylic acids is 1. The van der Waals surface area contributed by atoms with Gasteiger partial charge in [0, 0.05) is 5.56 Å². The molecule has 0 bridgehead atoms. The van der Waals surface area contributed by atoms with Crippen LogP contribution in [0, 0.1) is 11.3 Å². The molecule has 104 valence electrons. The van der Waals surface area contributed by atoms with Crippen LogP contribution in [0.4, 0.5) is 0 Å². The average Bonchev–Trinajstić information content (AvgIpc) is 2.26. The second kappa shape index (κ2) is 4.55. The van der Waals surface area contributed by atoms with E-state index in [1.54, 1.807) is 7.11 Å². The predicted octanol–water partition coefficient (Wildman–Crippen LogP) is 3.47. The zero-order chi connectivity index (χ0) is 14.3. The molecule has 1 saturated carbocycles. The summed E-state index contributed by atoms with van der Waals surface area (Å²) in [7, 11) is 1.59. The van der Waals surface area contributed by atoms with E-state index in [1.165, 1.54) is 0 Å². The maximum atomic E-state index is 11.8. The van der Waals surface area contributed by atoms with E-state index in [-0.39, 0.29) is 5.41 Å². The van der Waals surface area contributed by atoms with Crippen molar-refractivity contribution in [3.05, 3.63) is 29.8 Å². The number of methoxy groups -OCH3 is 1. The summed E-state index contributed by atoms with van der Waals surface area (Å²) < 4.78 is 5.33. The molecule has 1 aliphatic carbocycles. The van der Waals surface area contributed by atoms with Crippen LogP contribution in [-0.2, 0) is 10.2 Å². The molecule has 1 fully saturated rings. The molecule has 0 radical (unpaired) electrons.